The molecule has 2 unspecified atom stereocenters. The van der Waals surface area contributed by atoms with Crippen LogP contribution in [0.3, 0.4) is 0 Å². The molecular weight excluding hydrogens is 503 g/mol. The highest BCUT2D eigenvalue weighted by Crippen LogP contribution is 2.44. The van der Waals surface area contributed by atoms with Gasteiger partial charge in [0.1, 0.15) is 0 Å². The van der Waals surface area contributed by atoms with Crippen LogP contribution < -0.4 is 0 Å². The third kappa shape index (κ3) is 5.28. The molecule has 0 radical (unpaired) electrons. The molecule has 2 atom stereocenters. The van der Waals surface area contributed by atoms with Crippen LogP contribution in [0, 0.1) is 11.8 Å². The average Bonchev–Trinajstić information content (AvgIpc) is 2.84. The molecule has 166 valence electrons. The Morgan fingerprint density at radius 3 is 1.78 bits per heavy atom. The molecule has 0 N–H and O–H groups in total. The maximum atomic E-state index is 7.23. The highest BCUT2D eigenvalue weighted by Gasteiger charge is 2.39. The number of rotatable bonds is 8. The van der Waals surface area contributed by atoms with Gasteiger partial charge in [-0.2, -0.15) is 0 Å². The molecule has 0 saturated heterocycles. The molecule has 0 aromatic heterocycles. The number of alkyl halides is 1. The van der Waals surface area contributed by atoms with E-state index in [9.17, 15) is 0 Å². The van der Waals surface area contributed by atoms with E-state index in [2.05, 4.69) is 127 Å². The van der Waals surface area contributed by atoms with Gasteiger partial charge in [-0.05, 0) is 30.8 Å². The molecule has 32 heavy (non-hydrogen) atoms. The lowest BCUT2D eigenvalue weighted by Crippen LogP contribution is -2.33. The number of allylic oxidation sites excluding steroid dienone is 2. The molecule has 0 aliphatic heterocycles. The van der Waals surface area contributed by atoms with E-state index >= 15 is 0 Å². The summed E-state index contributed by atoms with van der Waals surface area (Å²) >= 11 is 2.44. The van der Waals surface area contributed by atoms with Crippen molar-refractivity contribution in [3.05, 3.63) is 120 Å². The van der Waals surface area contributed by atoms with Crippen molar-refractivity contribution in [3.8, 4) is 0 Å². The first-order valence-corrected chi connectivity index (χ1v) is 13.4. The quantitative estimate of drug-likeness (QED) is 0.121. The van der Waals surface area contributed by atoms with Crippen molar-refractivity contribution in [2.75, 3.05) is 4.43 Å². The zero-order chi connectivity index (χ0) is 22.2. The molecule has 1 fully saturated rings. The largest absolute Gasteiger partial charge is 0.478 e. The maximum absolute atomic E-state index is 7.23. The predicted molar refractivity (Wildman–Crippen MR) is 143 cm³/mol. The Hall–Kier alpha value is -2.07. The minimum absolute atomic E-state index is 0.679. The van der Waals surface area contributed by atoms with Crippen LogP contribution in [-0.2, 0) is 10.3 Å². The second-order valence-electron chi connectivity index (χ2n) is 9.05. The summed E-state index contributed by atoms with van der Waals surface area (Å²) in [5.41, 5.74) is 2.80. The molecule has 1 aliphatic carbocycles. The first-order valence-electron chi connectivity index (χ1n) is 11.8. The Kier molecular flexibility index (Phi) is 8.07. The van der Waals surface area contributed by atoms with Gasteiger partial charge in [0.25, 0.3) is 0 Å². The summed E-state index contributed by atoms with van der Waals surface area (Å²) in [5.74, 6) is 2.64. The van der Waals surface area contributed by atoms with Gasteiger partial charge in [0.05, 0.1) is 5.76 Å². The van der Waals surface area contributed by atoms with Crippen LogP contribution >= 0.6 is 22.6 Å². The number of halogens is 1. The fourth-order valence-corrected chi connectivity index (χ4v) is 5.67. The number of benzene rings is 3. The monoisotopic (exact) mass is 536 g/mol. The molecule has 3 aromatic carbocycles. The lowest BCUT2D eigenvalue weighted by molar-refractivity contribution is 0.0571. The van der Waals surface area contributed by atoms with Crippen molar-refractivity contribution in [1.82, 2.24) is 0 Å². The van der Waals surface area contributed by atoms with Gasteiger partial charge in [0.2, 0.25) is 0 Å². The zero-order valence-electron chi connectivity index (χ0n) is 18.9. The molecular formula is C30H33IO. The molecule has 0 heterocycles. The highest BCUT2D eigenvalue weighted by atomic mass is 127. The van der Waals surface area contributed by atoms with E-state index in [4.69, 9.17) is 4.74 Å². The lowest BCUT2D eigenvalue weighted by Gasteiger charge is -2.38. The van der Waals surface area contributed by atoms with Gasteiger partial charge in [0.15, 0.2) is 5.60 Å². The molecule has 1 saturated carbocycles. The number of hydrogen-bond acceptors (Lipinski definition) is 1. The average molecular weight is 536 g/mol. The topological polar surface area (TPSA) is 9.23 Å². The minimum atomic E-state index is -0.679. The first-order chi connectivity index (χ1) is 15.7. The van der Waals surface area contributed by atoms with Crippen molar-refractivity contribution in [2.45, 2.75) is 44.6 Å². The van der Waals surface area contributed by atoms with E-state index < -0.39 is 5.60 Å². The summed E-state index contributed by atoms with van der Waals surface area (Å²) < 4.78 is 8.18. The van der Waals surface area contributed by atoms with Crippen LogP contribution in [0.1, 0.15) is 55.7 Å². The van der Waals surface area contributed by atoms with Crippen LogP contribution in [0.2, 0.25) is 0 Å². The van der Waals surface area contributed by atoms with Gasteiger partial charge >= 0.3 is 0 Å². The van der Waals surface area contributed by atoms with E-state index in [0.29, 0.717) is 5.92 Å². The third-order valence-electron chi connectivity index (χ3n) is 6.66. The van der Waals surface area contributed by atoms with Crippen LogP contribution in [0.5, 0.6) is 0 Å². The molecule has 4 rings (SSSR count). The first kappa shape index (κ1) is 23.1. The molecule has 0 spiro atoms. The van der Waals surface area contributed by atoms with Gasteiger partial charge in [-0.15, -0.1) is 0 Å². The summed E-state index contributed by atoms with van der Waals surface area (Å²) in [5, 5.41) is 0. The van der Waals surface area contributed by atoms with E-state index in [1.54, 1.807) is 0 Å². The van der Waals surface area contributed by atoms with Gasteiger partial charge < -0.3 is 4.74 Å². The summed E-state index contributed by atoms with van der Waals surface area (Å²) in [4.78, 5) is 0. The molecule has 0 amide bonds. The van der Waals surface area contributed by atoms with Crippen molar-refractivity contribution >= 4 is 22.6 Å². The summed E-state index contributed by atoms with van der Waals surface area (Å²) in [6.45, 7) is 2.40. The molecule has 3 aromatic rings. The summed E-state index contributed by atoms with van der Waals surface area (Å²) in [6, 6.07) is 32.1. The third-order valence-corrected chi connectivity index (χ3v) is 7.11. The predicted octanol–water partition coefficient (Wildman–Crippen LogP) is 8.53. The fraction of sp³-hybridized carbons (Fsp3) is 0.333. The van der Waals surface area contributed by atoms with Gasteiger partial charge in [0, 0.05) is 27.5 Å². The van der Waals surface area contributed by atoms with E-state index in [1.807, 2.05) is 0 Å². The Bertz CT molecular complexity index is 884. The SMILES string of the molecule is CC1CCCC(CC(=CCI)OC(c2ccccc2)(c2ccccc2)c2ccccc2)C1. The van der Waals surface area contributed by atoms with Crippen LogP contribution in [0.25, 0.3) is 0 Å². The smallest absolute Gasteiger partial charge is 0.184 e. The molecule has 0 bridgehead atoms. The second-order valence-corrected chi connectivity index (χ2v) is 9.93. The normalized spacial score (nSPS) is 19.5. The van der Waals surface area contributed by atoms with Crippen molar-refractivity contribution < 1.29 is 4.74 Å². The second kappa shape index (κ2) is 11.2. The Balaban J connectivity index is 1.82. The summed E-state index contributed by atoms with van der Waals surface area (Å²) in [6.07, 6.45) is 8.62. The van der Waals surface area contributed by atoms with Crippen LogP contribution in [0.15, 0.2) is 103 Å². The standard InChI is InChI=1S/C30H33IO/c1-24-12-11-13-25(22-24)23-29(20-21-31)32-30(26-14-5-2-6-15-26,27-16-7-3-8-17-27)28-18-9-4-10-19-28/h2-10,14-20,24-25H,11-13,21-23H2,1H3. The zero-order valence-corrected chi connectivity index (χ0v) is 21.1. The number of ether oxygens (including phenoxy) is 1. The van der Waals surface area contributed by atoms with E-state index in [0.717, 1.165) is 39.2 Å². The minimum Gasteiger partial charge on any atom is -0.478 e. The van der Waals surface area contributed by atoms with Crippen molar-refractivity contribution in [3.63, 3.8) is 0 Å². The van der Waals surface area contributed by atoms with Crippen LogP contribution in [0.4, 0.5) is 0 Å². The Morgan fingerprint density at radius 2 is 1.34 bits per heavy atom. The molecule has 1 nitrogen and oxygen atoms in total. The maximum Gasteiger partial charge on any atom is 0.184 e. The van der Waals surface area contributed by atoms with Crippen molar-refractivity contribution in [1.29, 1.82) is 0 Å². The summed E-state index contributed by atoms with van der Waals surface area (Å²) in [7, 11) is 0. The highest BCUT2D eigenvalue weighted by molar-refractivity contribution is 14.1. The fourth-order valence-electron chi connectivity index (χ4n) is 5.17. The van der Waals surface area contributed by atoms with Gasteiger partial charge in [-0.1, -0.05) is 133 Å². The van der Waals surface area contributed by atoms with Gasteiger partial charge in [-0.25, -0.2) is 0 Å². The van der Waals surface area contributed by atoms with Crippen molar-refractivity contribution in [2.24, 2.45) is 11.8 Å². The Labute approximate surface area is 207 Å². The Morgan fingerprint density at radius 1 is 0.844 bits per heavy atom. The van der Waals surface area contributed by atoms with E-state index in [1.165, 1.54) is 25.7 Å². The van der Waals surface area contributed by atoms with Gasteiger partial charge in [-0.3, -0.25) is 0 Å². The molecule has 2 heteroatoms. The van der Waals surface area contributed by atoms with E-state index in [-0.39, 0.29) is 0 Å². The van der Waals surface area contributed by atoms with Crippen LogP contribution in [-0.4, -0.2) is 4.43 Å². The lowest BCUT2D eigenvalue weighted by atomic mass is 9.79. The number of hydrogen-bond donors (Lipinski definition) is 0. The molecule has 1 aliphatic rings.